The van der Waals surface area contributed by atoms with E-state index in [1.165, 1.54) is 11.8 Å². The van der Waals surface area contributed by atoms with Gasteiger partial charge in [-0.15, -0.1) is 0 Å². The minimum Gasteiger partial charge on any atom is -0.364 e. The summed E-state index contributed by atoms with van der Waals surface area (Å²) in [5.41, 5.74) is 0. The van der Waals surface area contributed by atoms with Crippen molar-refractivity contribution in [2.45, 2.75) is 19.1 Å². The second-order valence-corrected chi connectivity index (χ2v) is 4.51. The quantitative estimate of drug-likeness (QED) is 0.617. The molecule has 0 aromatic rings. The van der Waals surface area contributed by atoms with Crippen molar-refractivity contribution in [2.24, 2.45) is 0 Å². The molecule has 0 heterocycles. The maximum atomic E-state index is 10.8. The zero-order chi connectivity index (χ0) is 9.02. The number of rotatable bonds is 2. The maximum absolute atomic E-state index is 10.8. The van der Waals surface area contributed by atoms with Crippen molar-refractivity contribution in [3.8, 4) is 0 Å². The normalized spacial score (nSPS) is 12.4. The number of nitrogens with zero attached hydrogens (tertiary/aromatic N) is 1. The van der Waals surface area contributed by atoms with Crippen LogP contribution in [-0.4, -0.2) is 34.3 Å². The van der Waals surface area contributed by atoms with Crippen LogP contribution in [0.5, 0.6) is 0 Å². The van der Waals surface area contributed by atoms with Gasteiger partial charge in [-0.1, -0.05) is 24.0 Å². The first-order chi connectivity index (χ1) is 4.95. The van der Waals surface area contributed by atoms with Crippen molar-refractivity contribution in [1.82, 2.24) is 4.90 Å². The number of ketones is 1. The molecule has 0 saturated carbocycles. The average molecular weight is 191 g/mol. The second kappa shape index (κ2) is 4.72. The van der Waals surface area contributed by atoms with Gasteiger partial charge in [0.25, 0.3) is 0 Å². The van der Waals surface area contributed by atoms with E-state index in [0.29, 0.717) is 0 Å². The summed E-state index contributed by atoms with van der Waals surface area (Å²) >= 11 is 6.43. The molecule has 0 saturated heterocycles. The first-order valence-corrected chi connectivity index (χ1v) is 4.62. The van der Waals surface area contributed by atoms with Crippen molar-refractivity contribution in [3.63, 3.8) is 0 Å². The molecule has 1 atom stereocenters. The molecular weight excluding hydrogens is 178 g/mol. The molecule has 11 heavy (non-hydrogen) atoms. The SMILES string of the molecule is CC(=O)C(C)SC(=S)N(C)C. The monoisotopic (exact) mass is 191 g/mol. The van der Waals surface area contributed by atoms with E-state index < -0.39 is 0 Å². The highest BCUT2D eigenvalue weighted by atomic mass is 32.2. The van der Waals surface area contributed by atoms with Gasteiger partial charge in [-0.3, -0.25) is 4.79 Å². The summed E-state index contributed by atoms with van der Waals surface area (Å²) < 4.78 is 0.757. The third kappa shape index (κ3) is 4.37. The molecule has 0 aromatic heterocycles. The van der Waals surface area contributed by atoms with Gasteiger partial charge in [0.2, 0.25) is 0 Å². The van der Waals surface area contributed by atoms with Crippen molar-refractivity contribution in [3.05, 3.63) is 0 Å². The summed E-state index contributed by atoms with van der Waals surface area (Å²) in [6.07, 6.45) is 0. The molecular formula is C7H13NOS2. The van der Waals surface area contributed by atoms with Crippen LogP contribution < -0.4 is 0 Å². The van der Waals surface area contributed by atoms with E-state index >= 15 is 0 Å². The molecule has 0 spiro atoms. The van der Waals surface area contributed by atoms with Gasteiger partial charge in [0.15, 0.2) is 0 Å². The summed E-state index contributed by atoms with van der Waals surface area (Å²) in [6, 6.07) is 0. The van der Waals surface area contributed by atoms with Crippen LogP contribution in [0.4, 0.5) is 0 Å². The molecule has 4 heteroatoms. The Morgan fingerprint density at radius 3 is 2.27 bits per heavy atom. The predicted molar refractivity (Wildman–Crippen MR) is 54.0 cm³/mol. The summed E-state index contributed by atoms with van der Waals surface area (Å²) in [5, 5.41) is -0.0232. The van der Waals surface area contributed by atoms with Gasteiger partial charge in [-0.05, 0) is 13.8 Å². The molecule has 0 aliphatic heterocycles. The smallest absolute Gasteiger partial charge is 0.142 e. The second-order valence-electron chi connectivity index (χ2n) is 2.53. The zero-order valence-electron chi connectivity index (χ0n) is 7.25. The number of hydrogen-bond acceptors (Lipinski definition) is 3. The van der Waals surface area contributed by atoms with Crippen molar-refractivity contribution >= 4 is 34.1 Å². The lowest BCUT2D eigenvalue weighted by molar-refractivity contribution is -0.116. The molecule has 0 aromatic carbocycles. The summed E-state index contributed by atoms with van der Waals surface area (Å²) in [4.78, 5) is 12.6. The number of carbonyl (C=O) groups excluding carboxylic acids is 1. The maximum Gasteiger partial charge on any atom is 0.142 e. The molecule has 64 valence electrons. The molecule has 0 radical (unpaired) electrons. The fourth-order valence-electron chi connectivity index (χ4n) is 0.340. The third-order valence-corrected chi connectivity index (χ3v) is 3.12. The molecule has 0 aliphatic rings. The molecule has 0 N–H and O–H groups in total. The van der Waals surface area contributed by atoms with E-state index in [2.05, 4.69) is 0 Å². The Labute approximate surface area is 77.3 Å². The van der Waals surface area contributed by atoms with Gasteiger partial charge >= 0.3 is 0 Å². The molecule has 0 amide bonds. The highest BCUT2D eigenvalue weighted by Crippen LogP contribution is 2.14. The van der Waals surface area contributed by atoms with Crippen LogP contribution >= 0.6 is 24.0 Å². The van der Waals surface area contributed by atoms with Crippen LogP contribution in [0.2, 0.25) is 0 Å². The Balaban J connectivity index is 3.85. The molecule has 0 bridgehead atoms. The number of thioether (sulfide) groups is 1. The minimum atomic E-state index is -0.0232. The number of Topliss-reactive ketones (excluding diaryl/α,β-unsaturated/α-hetero) is 1. The standard InChI is InChI=1S/C7H13NOS2/c1-5(9)6(2)11-7(10)8(3)4/h6H,1-4H3. The molecule has 1 unspecified atom stereocenters. The fraction of sp³-hybridized carbons (Fsp3) is 0.714. The largest absolute Gasteiger partial charge is 0.364 e. The minimum absolute atomic E-state index is 0.0232. The van der Waals surface area contributed by atoms with Crippen molar-refractivity contribution in [1.29, 1.82) is 0 Å². The number of carbonyl (C=O) groups is 1. The van der Waals surface area contributed by atoms with Crippen LogP contribution in [0.3, 0.4) is 0 Å². The van der Waals surface area contributed by atoms with Gasteiger partial charge in [0, 0.05) is 14.1 Å². The number of hydrogen-bond donors (Lipinski definition) is 0. The van der Waals surface area contributed by atoms with Crippen molar-refractivity contribution in [2.75, 3.05) is 14.1 Å². The lowest BCUT2D eigenvalue weighted by Gasteiger charge is -2.15. The first kappa shape index (κ1) is 10.9. The van der Waals surface area contributed by atoms with Gasteiger partial charge in [-0.25, -0.2) is 0 Å². The zero-order valence-corrected chi connectivity index (χ0v) is 8.88. The van der Waals surface area contributed by atoms with E-state index in [1.807, 2.05) is 25.9 Å². The van der Waals surface area contributed by atoms with E-state index in [-0.39, 0.29) is 11.0 Å². The van der Waals surface area contributed by atoms with Gasteiger partial charge < -0.3 is 4.90 Å². The molecule has 0 aliphatic carbocycles. The van der Waals surface area contributed by atoms with Crippen LogP contribution in [0.15, 0.2) is 0 Å². The third-order valence-electron chi connectivity index (χ3n) is 1.22. The Kier molecular flexibility index (Phi) is 4.68. The van der Waals surface area contributed by atoms with Crippen molar-refractivity contribution < 1.29 is 4.79 Å². The Hall–Kier alpha value is -0.0900. The molecule has 0 rings (SSSR count). The first-order valence-electron chi connectivity index (χ1n) is 3.33. The predicted octanol–water partition coefficient (Wildman–Crippen LogP) is 1.54. The molecule has 0 fully saturated rings. The van der Waals surface area contributed by atoms with E-state index in [9.17, 15) is 4.79 Å². The Morgan fingerprint density at radius 2 is 2.00 bits per heavy atom. The van der Waals surface area contributed by atoms with E-state index in [4.69, 9.17) is 12.2 Å². The summed E-state index contributed by atoms with van der Waals surface area (Å²) in [5.74, 6) is 0.166. The highest BCUT2D eigenvalue weighted by molar-refractivity contribution is 8.23. The number of thiocarbonyl (C=S) groups is 1. The topological polar surface area (TPSA) is 20.3 Å². The van der Waals surface area contributed by atoms with Gasteiger partial charge in [0.05, 0.1) is 5.25 Å². The van der Waals surface area contributed by atoms with Crippen LogP contribution in [0.1, 0.15) is 13.8 Å². The van der Waals surface area contributed by atoms with Crippen LogP contribution in [0.25, 0.3) is 0 Å². The van der Waals surface area contributed by atoms with E-state index in [0.717, 1.165) is 4.32 Å². The lowest BCUT2D eigenvalue weighted by atomic mass is 10.3. The Morgan fingerprint density at radius 1 is 1.55 bits per heavy atom. The summed E-state index contributed by atoms with van der Waals surface area (Å²) in [6.45, 7) is 3.44. The fourth-order valence-corrected chi connectivity index (χ4v) is 1.45. The van der Waals surface area contributed by atoms with E-state index in [1.54, 1.807) is 6.92 Å². The molecule has 2 nitrogen and oxygen atoms in total. The average Bonchev–Trinajstić information content (AvgIpc) is 1.87. The van der Waals surface area contributed by atoms with Gasteiger partial charge in [0.1, 0.15) is 10.1 Å². The van der Waals surface area contributed by atoms with Crippen LogP contribution in [0, 0.1) is 0 Å². The van der Waals surface area contributed by atoms with Gasteiger partial charge in [-0.2, -0.15) is 0 Å². The Bertz CT molecular complexity index is 168. The summed E-state index contributed by atoms with van der Waals surface area (Å²) in [7, 11) is 3.75. The highest BCUT2D eigenvalue weighted by Gasteiger charge is 2.11. The lowest BCUT2D eigenvalue weighted by Crippen LogP contribution is -2.21. The van der Waals surface area contributed by atoms with Crippen LogP contribution in [-0.2, 0) is 4.79 Å².